The van der Waals surface area contributed by atoms with Gasteiger partial charge in [0, 0.05) is 16.7 Å². The van der Waals surface area contributed by atoms with E-state index in [2.05, 4.69) is 47.5 Å². The number of carbonyl (C=O) groups is 1. The van der Waals surface area contributed by atoms with Gasteiger partial charge in [-0.2, -0.15) is 5.10 Å². The van der Waals surface area contributed by atoms with Crippen LogP contribution < -0.4 is 4.74 Å². The molecule has 0 unspecified atom stereocenters. The number of carboxylic acid groups (broad SMARTS) is 1. The van der Waals surface area contributed by atoms with Crippen LogP contribution in [-0.2, 0) is 24.9 Å². The molecule has 5 heteroatoms. The topological polar surface area (TPSA) is 75.2 Å². The predicted octanol–water partition coefficient (Wildman–Crippen LogP) is 5.26. The number of ether oxygens (including phenoxy) is 1. The first kappa shape index (κ1) is 19.6. The van der Waals surface area contributed by atoms with Gasteiger partial charge in [0.05, 0.1) is 0 Å². The van der Waals surface area contributed by atoms with E-state index in [1.165, 1.54) is 16.7 Å². The van der Waals surface area contributed by atoms with Gasteiger partial charge >= 0.3 is 5.97 Å². The Morgan fingerprint density at radius 1 is 1.22 bits per heavy atom. The van der Waals surface area contributed by atoms with Gasteiger partial charge in [-0.25, -0.2) is 4.79 Å². The zero-order chi connectivity index (χ0) is 21.9. The van der Waals surface area contributed by atoms with Crippen molar-refractivity contribution in [3.05, 3.63) is 82.2 Å². The number of hydrogen-bond acceptors (Lipinski definition) is 3. The number of aromatic amines is 1. The van der Waals surface area contributed by atoms with Crippen molar-refractivity contribution in [1.29, 1.82) is 0 Å². The molecule has 2 N–H and O–H groups in total. The average molecular weight is 429 g/mol. The van der Waals surface area contributed by atoms with Gasteiger partial charge < -0.3 is 9.84 Å². The number of nitrogens with one attached hydrogen (secondary N) is 1. The van der Waals surface area contributed by atoms with Crippen molar-refractivity contribution < 1.29 is 14.6 Å². The van der Waals surface area contributed by atoms with Gasteiger partial charge in [0.1, 0.15) is 12.4 Å². The molecule has 2 aromatic carbocycles. The molecule has 6 rings (SSSR count). The number of H-pyrrole nitrogens is 1. The van der Waals surface area contributed by atoms with E-state index >= 15 is 0 Å². The van der Waals surface area contributed by atoms with E-state index in [0.717, 1.165) is 49.1 Å². The van der Waals surface area contributed by atoms with Crippen molar-refractivity contribution >= 4 is 5.97 Å². The molecule has 1 saturated carbocycles. The highest BCUT2D eigenvalue weighted by molar-refractivity contribution is 5.87. The summed E-state index contributed by atoms with van der Waals surface area (Å²) in [5, 5.41) is 16.8. The monoisotopic (exact) mass is 428 g/mol. The summed E-state index contributed by atoms with van der Waals surface area (Å²) >= 11 is 0. The lowest BCUT2D eigenvalue weighted by molar-refractivity contribution is 0.0687. The standard InChI is InChI=1S/C27H28N2O3/c1-27-12-11-20-19-10-8-18(32-15-16-5-3-2-4-6-16)13-17(19)7-9-21(20)23(27)14-22-24(26(30)31)28-29-25(22)27/h2-6,8,10,13,20-21,23H,7,9,11-12,14-15H2,1H3,(H,28,29)(H,30,31)/t20-,21-,23+,27+/m1/s1. The molecule has 3 aliphatic carbocycles. The van der Waals surface area contributed by atoms with Gasteiger partial charge in [-0.05, 0) is 78.7 Å². The summed E-state index contributed by atoms with van der Waals surface area (Å²) in [5.41, 5.74) is 6.33. The van der Waals surface area contributed by atoms with Gasteiger partial charge in [-0.15, -0.1) is 0 Å². The Morgan fingerprint density at radius 2 is 2.06 bits per heavy atom. The van der Waals surface area contributed by atoms with Crippen LogP contribution in [0.2, 0.25) is 0 Å². The summed E-state index contributed by atoms with van der Waals surface area (Å²) in [7, 11) is 0. The molecule has 5 nitrogen and oxygen atoms in total. The van der Waals surface area contributed by atoms with E-state index in [1.54, 1.807) is 0 Å². The van der Waals surface area contributed by atoms with Gasteiger partial charge in [0.25, 0.3) is 0 Å². The molecule has 3 aliphatic rings. The lowest BCUT2D eigenvalue weighted by Crippen LogP contribution is -2.43. The van der Waals surface area contributed by atoms with Gasteiger partial charge in [0.2, 0.25) is 0 Å². The maximum atomic E-state index is 11.7. The summed E-state index contributed by atoms with van der Waals surface area (Å²) in [4.78, 5) is 11.7. The van der Waals surface area contributed by atoms with Gasteiger partial charge in [-0.3, -0.25) is 5.10 Å². The van der Waals surface area contributed by atoms with E-state index < -0.39 is 5.97 Å². The number of nitrogens with zero attached hydrogens (tertiary/aromatic N) is 1. The van der Waals surface area contributed by atoms with E-state index in [0.29, 0.717) is 24.4 Å². The Kier molecular flexibility index (Phi) is 4.42. The van der Waals surface area contributed by atoms with Gasteiger partial charge in [0.15, 0.2) is 5.69 Å². The molecule has 0 saturated heterocycles. The molecular weight excluding hydrogens is 400 g/mol. The van der Waals surface area contributed by atoms with Crippen molar-refractivity contribution in [1.82, 2.24) is 10.2 Å². The smallest absolute Gasteiger partial charge is 0.356 e. The fourth-order valence-corrected chi connectivity index (χ4v) is 6.83. The first-order valence-corrected chi connectivity index (χ1v) is 11.6. The maximum absolute atomic E-state index is 11.7. The second-order valence-corrected chi connectivity index (χ2v) is 9.94. The lowest BCUT2D eigenvalue weighted by atomic mass is 9.55. The van der Waals surface area contributed by atoms with Gasteiger partial charge in [-0.1, -0.05) is 43.3 Å². The number of rotatable bonds is 4. The molecule has 0 radical (unpaired) electrons. The van der Waals surface area contributed by atoms with Crippen LogP contribution in [0, 0.1) is 11.8 Å². The van der Waals surface area contributed by atoms with Crippen LogP contribution in [0.15, 0.2) is 48.5 Å². The van der Waals surface area contributed by atoms with E-state index in [-0.39, 0.29) is 11.1 Å². The summed E-state index contributed by atoms with van der Waals surface area (Å²) in [6.45, 7) is 2.91. The number of aromatic nitrogens is 2. The molecule has 0 spiro atoms. The number of aryl methyl sites for hydroxylation is 1. The summed E-state index contributed by atoms with van der Waals surface area (Å²) in [6, 6.07) is 16.9. The van der Waals surface area contributed by atoms with Crippen LogP contribution in [0.3, 0.4) is 0 Å². The second-order valence-electron chi connectivity index (χ2n) is 9.94. The Morgan fingerprint density at radius 3 is 2.88 bits per heavy atom. The largest absolute Gasteiger partial charge is 0.489 e. The Bertz CT molecular complexity index is 1180. The molecule has 32 heavy (non-hydrogen) atoms. The third-order valence-electron chi connectivity index (χ3n) is 8.40. The SMILES string of the molecule is C[C@]12CC[C@@H]3c4ccc(OCc5ccccc5)cc4CC[C@H]3[C@@H]1Cc1c(C(=O)O)n[nH]c12. The molecule has 1 fully saturated rings. The Labute approximate surface area is 187 Å². The Hall–Kier alpha value is -3.08. The number of benzene rings is 2. The van der Waals surface area contributed by atoms with Crippen molar-refractivity contribution in [2.75, 3.05) is 0 Å². The van der Waals surface area contributed by atoms with Crippen molar-refractivity contribution in [3.63, 3.8) is 0 Å². The first-order chi connectivity index (χ1) is 15.5. The van der Waals surface area contributed by atoms with Crippen LogP contribution in [-0.4, -0.2) is 21.3 Å². The first-order valence-electron chi connectivity index (χ1n) is 11.6. The minimum absolute atomic E-state index is 0.00738. The minimum Gasteiger partial charge on any atom is -0.489 e. The normalized spacial score (nSPS) is 27.7. The molecular formula is C27H28N2O3. The molecule has 1 heterocycles. The van der Waals surface area contributed by atoms with Crippen molar-refractivity contribution in [2.45, 2.75) is 57.0 Å². The zero-order valence-electron chi connectivity index (χ0n) is 18.3. The molecule has 164 valence electrons. The molecule has 0 aliphatic heterocycles. The predicted molar refractivity (Wildman–Crippen MR) is 121 cm³/mol. The third-order valence-corrected chi connectivity index (χ3v) is 8.40. The number of aromatic carboxylic acids is 1. The van der Waals surface area contributed by atoms with Crippen LogP contribution in [0.25, 0.3) is 0 Å². The number of hydrogen-bond donors (Lipinski definition) is 2. The molecule has 0 bridgehead atoms. The van der Waals surface area contributed by atoms with E-state index in [9.17, 15) is 9.90 Å². The number of carboxylic acids is 1. The highest BCUT2D eigenvalue weighted by atomic mass is 16.5. The minimum atomic E-state index is -0.918. The quantitative estimate of drug-likeness (QED) is 0.595. The molecule has 1 aromatic heterocycles. The van der Waals surface area contributed by atoms with E-state index in [4.69, 9.17) is 4.74 Å². The zero-order valence-corrected chi connectivity index (χ0v) is 18.3. The van der Waals surface area contributed by atoms with Crippen LogP contribution in [0.1, 0.15) is 70.5 Å². The van der Waals surface area contributed by atoms with Crippen molar-refractivity contribution in [2.24, 2.45) is 11.8 Å². The lowest BCUT2D eigenvalue weighted by Gasteiger charge is -2.49. The average Bonchev–Trinajstić information content (AvgIpc) is 3.36. The fourth-order valence-electron chi connectivity index (χ4n) is 6.83. The summed E-state index contributed by atoms with van der Waals surface area (Å²) in [5.74, 6) is 1.63. The molecule has 3 aromatic rings. The molecule has 0 amide bonds. The highest BCUT2D eigenvalue weighted by Gasteiger charge is 2.54. The summed E-state index contributed by atoms with van der Waals surface area (Å²) in [6.07, 6.45) is 5.25. The molecule has 4 atom stereocenters. The van der Waals surface area contributed by atoms with E-state index in [1.807, 2.05) is 18.2 Å². The maximum Gasteiger partial charge on any atom is 0.356 e. The third kappa shape index (κ3) is 2.90. The highest BCUT2D eigenvalue weighted by Crippen LogP contribution is 2.60. The van der Waals surface area contributed by atoms with Crippen LogP contribution in [0.5, 0.6) is 5.75 Å². The Balaban J connectivity index is 1.24. The summed E-state index contributed by atoms with van der Waals surface area (Å²) < 4.78 is 6.08. The second kappa shape index (κ2) is 7.22. The van der Waals surface area contributed by atoms with Crippen molar-refractivity contribution in [3.8, 4) is 5.75 Å². The van der Waals surface area contributed by atoms with Crippen LogP contribution in [0.4, 0.5) is 0 Å². The number of fused-ring (bicyclic) bond motifs is 7. The van der Waals surface area contributed by atoms with Crippen LogP contribution >= 0.6 is 0 Å². The fraction of sp³-hybridized carbons (Fsp3) is 0.407.